The monoisotopic (exact) mass is 597 g/mol. The topological polar surface area (TPSA) is 139 Å². The van der Waals surface area contributed by atoms with Gasteiger partial charge >= 0.3 is 5.97 Å². The van der Waals surface area contributed by atoms with Crippen molar-refractivity contribution in [3.05, 3.63) is 34.5 Å². The molecule has 8 rings (SSSR count). The van der Waals surface area contributed by atoms with E-state index in [4.69, 9.17) is 9.47 Å². The lowest BCUT2D eigenvalue weighted by Gasteiger charge is -2.73. The Kier molecular flexibility index (Phi) is 6.28. The third-order valence-corrected chi connectivity index (χ3v) is 12.9. The van der Waals surface area contributed by atoms with E-state index in [0.717, 1.165) is 0 Å². The van der Waals surface area contributed by atoms with Gasteiger partial charge in [-0.05, 0) is 73.3 Å². The van der Waals surface area contributed by atoms with Gasteiger partial charge in [-0.2, -0.15) is 0 Å². The molecule has 4 bridgehead atoms. The van der Waals surface area contributed by atoms with Crippen LogP contribution in [0.2, 0.25) is 0 Å². The molecule has 7 fully saturated rings. The van der Waals surface area contributed by atoms with Gasteiger partial charge in [0.1, 0.15) is 23.4 Å². The molecule has 8 atom stereocenters. The number of thiophene rings is 1. The van der Waals surface area contributed by atoms with Crippen LogP contribution in [0, 0.1) is 39.9 Å². The van der Waals surface area contributed by atoms with Crippen molar-refractivity contribution >= 4 is 34.8 Å². The fourth-order valence-electron chi connectivity index (χ4n) is 10.1. The standard InChI is InChI=1S/C32H39NO8S/c1-16-19-10-11-21-30-15-40-32(39,25(36)23(30)29(2,3)13-12-22(30)34)31(21,24(16)35)26(19)41-28(38)17-6-8-18(9-7-17)33-27(37)20-5-4-14-42-20/h4-5,14,17-19,21,23,25-26,36,39H,1,6-13,15H2,2-3H3,(H,33,37)/t17?,18?,19-,21-,23+,25-,26+,30+,31-,32+/m0/s1. The van der Waals surface area contributed by atoms with E-state index in [1.807, 2.05) is 25.3 Å². The van der Waals surface area contributed by atoms with Crippen LogP contribution in [0.1, 0.15) is 74.9 Å². The number of aliphatic hydroxyl groups excluding tert-OH is 1. The Bertz CT molecular complexity index is 1360. The summed E-state index contributed by atoms with van der Waals surface area (Å²) < 4.78 is 12.3. The third-order valence-electron chi connectivity index (χ3n) is 12.0. The highest BCUT2D eigenvalue weighted by atomic mass is 32.1. The summed E-state index contributed by atoms with van der Waals surface area (Å²) in [5.41, 5.74) is -3.14. The summed E-state index contributed by atoms with van der Waals surface area (Å²) in [5.74, 6) is -5.54. The van der Waals surface area contributed by atoms with Gasteiger partial charge in [-0.15, -0.1) is 11.3 Å². The van der Waals surface area contributed by atoms with Gasteiger partial charge in [0.05, 0.1) is 22.8 Å². The van der Waals surface area contributed by atoms with Crippen molar-refractivity contribution in [2.24, 2.45) is 39.9 Å². The van der Waals surface area contributed by atoms with E-state index in [0.29, 0.717) is 56.2 Å². The minimum Gasteiger partial charge on any atom is -0.460 e. The highest BCUT2D eigenvalue weighted by Gasteiger charge is 2.88. The van der Waals surface area contributed by atoms with Crippen molar-refractivity contribution in [3.63, 3.8) is 0 Å². The molecule has 42 heavy (non-hydrogen) atoms. The SMILES string of the molecule is C=C1C(=O)[C@]23[C@H](OC(=O)C4CCC(NC(=O)c5cccs5)CC4)[C@H]1CC[C@H]2[C@@]12CO[C@]3(O)[C@@H](O)[C@@H]1C(C)(C)CCC2=O. The second kappa shape index (κ2) is 9.30. The molecule has 0 unspecified atom stereocenters. The number of rotatable bonds is 4. The van der Waals surface area contributed by atoms with Gasteiger partial charge in [-0.1, -0.05) is 26.5 Å². The normalized spacial score (nSPS) is 45.2. The zero-order valence-electron chi connectivity index (χ0n) is 24.1. The van der Waals surface area contributed by atoms with Gasteiger partial charge in [-0.25, -0.2) is 0 Å². The van der Waals surface area contributed by atoms with Crippen LogP contribution in [0.15, 0.2) is 29.7 Å². The molecule has 2 aliphatic heterocycles. The quantitative estimate of drug-likeness (QED) is 0.355. The molecule has 10 heteroatoms. The molecule has 3 N–H and O–H groups in total. The molecule has 2 saturated heterocycles. The Morgan fingerprint density at radius 3 is 2.57 bits per heavy atom. The zero-order valence-corrected chi connectivity index (χ0v) is 24.9. The van der Waals surface area contributed by atoms with Crippen LogP contribution in [-0.4, -0.2) is 64.3 Å². The summed E-state index contributed by atoms with van der Waals surface area (Å²) in [6.07, 6.45) is 1.55. The lowest BCUT2D eigenvalue weighted by Crippen LogP contribution is -2.85. The number of nitrogens with one attached hydrogen (secondary N) is 1. The van der Waals surface area contributed by atoms with Crippen LogP contribution in [0.4, 0.5) is 0 Å². The number of hydrogen-bond acceptors (Lipinski definition) is 9. The average molecular weight is 598 g/mol. The maximum Gasteiger partial charge on any atom is 0.309 e. The molecule has 3 heterocycles. The predicted octanol–water partition coefficient (Wildman–Crippen LogP) is 3.19. The van der Waals surface area contributed by atoms with E-state index in [1.54, 1.807) is 6.07 Å². The summed E-state index contributed by atoms with van der Waals surface area (Å²) in [6.45, 7) is 8.01. The smallest absolute Gasteiger partial charge is 0.309 e. The maximum atomic E-state index is 14.2. The van der Waals surface area contributed by atoms with Gasteiger partial charge in [0.25, 0.3) is 5.91 Å². The van der Waals surface area contributed by atoms with E-state index >= 15 is 0 Å². The molecular weight excluding hydrogens is 558 g/mol. The zero-order chi connectivity index (χ0) is 29.8. The molecular formula is C32H39NO8S. The van der Waals surface area contributed by atoms with Crippen LogP contribution in [-0.2, 0) is 23.9 Å². The highest BCUT2D eigenvalue weighted by Crippen LogP contribution is 2.76. The van der Waals surface area contributed by atoms with E-state index in [-0.39, 0.29) is 29.9 Å². The van der Waals surface area contributed by atoms with Crippen molar-refractivity contribution in [3.8, 4) is 0 Å². The van der Waals surface area contributed by atoms with Gasteiger partial charge in [0.15, 0.2) is 5.78 Å². The molecule has 1 aromatic rings. The minimum atomic E-state index is -2.30. The number of aliphatic hydroxyl groups is 2. The highest BCUT2D eigenvalue weighted by molar-refractivity contribution is 7.12. The molecule has 226 valence electrons. The molecule has 0 aromatic carbocycles. The summed E-state index contributed by atoms with van der Waals surface area (Å²) in [6, 6.07) is 3.56. The summed E-state index contributed by atoms with van der Waals surface area (Å²) in [5, 5.41) is 29.1. The molecule has 5 aliphatic carbocycles. The van der Waals surface area contributed by atoms with Crippen molar-refractivity contribution < 1.29 is 38.9 Å². The Morgan fingerprint density at radius 2 is 1.88 bits per heavy atom. The van der Waals surface area contributed by atoms with E-state index in [1.165, 1.54) is 11.3 Å². The second-order valence-corrected chi connectivity index (χ2v) is 15.1. The number of amides is 1. The van der Waals surface area contributed by atoms with Crippen LogP contribution >= 0.6 is 11.3 Å². The number of hydrogen-bond donors (Lipinski definition) is 3. The predicted molar refractivity (Wildman–Crippen MR) is 151 cm³/mol. The van der Waals surface area contributed by atoms with Crippen LogP contribution in [0.5, 0.6) is 0 Å². The molecule has 1 amide bonds. The first-order valence-electron chi connectivity index (χ1n) is 15.3. The van der Waals surface area contributed by atoms with Gasteiger partial charge in [0.2, 0.25) is 5.79 Å². The number of fused-ring (bicyclic) bond motifs is 2. The molecule has 2 spiro atoms. The lowest BCUT2D eigenvalue weighted by atomic mass is 9.36. The molecule has 1 aromatic heterocycles. The van der Waals surface area contributed by atoms with Crippen molar-refractivity contribution in [1.82, 2.24) is 5.32 Å². The second-order valence-electron chi connectivity index (χ2n) is 14.2. The molecule has 9 nitrogen and oxygen atoms in total. The van der Waals surface area contributed by atoms with E-state index in [9.17, 15) is 29.4 Å². The van der Waals surface area contributed by atoms with Crippen LogP contribution < -0.4 is 5.32 Å². The Morgan fingerprint density at radius 1 is 1.14 bits per heavy atom. The fraction of sp³-hybridized carbons (Fsp3) is 0.688. The number of ketones is 2. The number of carbonyl (C=O) groups is 4. The first-order chi connectivity index (χ1) is 19.9. The third kappa shape index (κ3) is 3.41. The lowest BCUT2D eigenvalue weighted by molar-refractivity contribution is -0.437. The summed E-state index contributed by atoms with van der Waals surface area (Å²) in [7, 11) is 0. The van der Waals surface area contributed by atoms with E-state index in [2.05, 4.69) is 11.9 Å². The minimum absolute atomic E-state index is 0.0473. The van der Waals surface area contributed by atoms with Gasteiger partial charge in [0, 0.05) is 24.3 Å². The molecule has 0 radical (unpaired) electrons. The van der Waals surface area contributed by atoms with Gasteiger partial charge in [-0.3, -0.25) is 19.2 Å². The van der Waals surface area contributed by atoms with Crippen molar-refractivity contribution in [1.29, 1.82) is 0 Å². The fourth-order valence-corrected chi connectivity index (χ4v) is 10.8. The summed E-state index contributed by atoms with van der Waals surface area (Å²) in [4.78, 5) is 55.0. The molecule has 7 aliphatic rings. The largest absolute Gasteiger partial charge is 0.460 e. The number of carbonyl (C=O) groups excluding carboxylic acids is 4. The number of esters is 1. The van der Waals surface area contributed by atoms with Gasteiger partial charge < -0.3 is 25.0 Å². The van der Waals surface area contributed by atoms with E-state index < -0.39 is 69.7 Å². The van der Waals surface area contributed by atoms with Crippen molar-refractivity contribution in [2.45, 2.75) is 89.3 Å². The summed E-state index contributed by atoms with van der Waals surface area (Å²) >= 11 is 1.38. The van der Waals surface area contributed by atoms with Crippen LogP contribution in [0.3, 0.4) is 0 Å². The van der Waals surface area contributed by atoms with Crippen molar-refractivity contribution in [2.75, 3.05) is 6.61 Å². The average Bonchev–Trinajstić information content (AvgIpc) is 3.54. The van der Waals surface area contributed by atoms with Crippen LogP contribution in [0.25, 0.3) is 0 Å². The number of Topliss-reactive ketones (excluding diaryl/α,β-unsaturated/α-hetero) is 2. The first-order valence-corrected chi connectivity index (χ1v) is 16.1. The Hall–Kier alpha value is -2.40. The molecule has 5 saturated carbocycles. The maximum absolute atomic E-state index is 14.2. The Labute approximate surface area is 249 Å². The Balaban J connectivity index is 1.17. The first kappa shape index (κ1) is 28.4. The number of ether oxygens (including phenoxy) is 2.